The van der Waals surface area contributed by atoms with Gasteiger partial charge in [0.25, 0.3) is 0 Å². The molecule has 2 N–H and O–H groups in total. The molecule has 0 bridgehead atoms. The van der Waals surface area contributed by atoms with E-state index in [9.17, 15) is 9.59 Å². The van der Waals surface area contributed by atoms with Gasteiger partial charge in [0.2, 0.25) is 11.8 Å². The molecule has 1 saturated carbocycles. The van der Waals surface area contributed by atoms with Crippen LogP contribution in [-0.4, -0.2) is 26.9 Å². The van der Waals surface area contributed by atoms with Crippen molar-refractivity contribution in [1.82, 2.24) is 20.2 Å². The number of aromatic nitrogens is 2. The quantitative estimate of drug-likeness (QED) is 0.849. The summed E-state index contributed by atoms with van der Waals surface area (Å²) in [5.74, 6) is 0.864. The highest BCUT2D eigenvalue weighted by Crippen LogP contribution is 2.24. The molecule has 2 amide bonds. The molecule has 0 aliphatic heterocycles. The van der Waals surface area contributed by atoms with Crippen LogP contribution >= 0.6 is 0 Å². The first-order chi connectivity index (χ1) is 12.8. The number of imidazole rings is 1. The smallest absolute Gasteiger partial charge is 0.240 e. The van der Waals surface area contributed by atoms with E-state index < -0.39 is 0 Å². The lowest BCUT2D eigenvalue weighted by molar-refractivity contribution is -0.126. The number of benzene rings is 1. The van der Waals surface area contributed by atoms with Gasteiger partial charge in [-0.2, -0.15) is 0 Å². The van der Waals surface area contributed by atoms with Gasteiger partial charge in [0.15, 0.2) is 0 Å². The molecule has 1 aromatic heterocycles. The van der Waals surface area contributed by atoms with E-state index in [1.54, 1.807) is 0 Å². The van der Waals surface area contributed by atoms with Crippen molar-refractivity contribution in [2.45, 2.75) is 71.5 Å². The minimum Gasteiger partial charge on any atom is -0.350 e. The molecule has 0 spiro atoms. The molecule has 146 valence electrons. The summed E-state index contributed by atoms with van der Waals surface area (Å²) in [6, 6.07) is 7.75. The Morgan fingerprint density at radius 1 is 1.15 bits per heavy atom. The first kappa shape index (κ1) is 19.4. The zero-order valence-electron chi connectivity index (χ0n) is 16.5. The Morgan fingerprint density at radius 3 is 2.56 bits per heavy atom. The van der Waals surface area contributed by atoms with E-state index in [2.05, 4.69) is 15.6 Å². The molecule has 1 aromatic carbocycles. The third kappa shape index (κ3) is 5.08. The maximum absolute atomic E-state index is 12.5. The van der Waals surface area contributed by atoms with Crippen LogP contribution in [-0.2, 0) is 22.7 Å². The first-order valence-electron chi connectivity index (χ1n) is 9.86. The Hall–Kier alpha value is -2.37. The molecule has 0 unspecified atom stereocenters. The van der Waals surface area contributed by atoms with E-state index in [4.69, 9.17) is 0 Å². The van der Waals surface area contributed by atoms with Crippen LogP contribution in [0.3, 0.4) is 0 Å². The van der Waals surface area contributed by atoms with Crippen molar-refractivity contribution < 1.29 is 9.59 Å². The predicted molar refractivity (Wildman–Crippen MR) is 106 cm³/mol. The minimum atomic E-state index is -0.289. The van der Waals surface area contributed by atoms with E-state index in [1.807, 2.05) is 49.6 Å². The molecule has 1 aliphatic rings. The molecular formula is C21H30N4O2. The number of rotatable bonds is 5. The van der Waals surface area contributed by atoms with Crippen LogP contribution in [0.5, 0.6) is 0 Å². The number of fused-ring (bicyclic) bond motifs is 1. The molecule has 1 aliphatic carbocycles. The van der Waals surface area contributed by atoms with Crippen molar-refractivity contribution in [1.29, 1.82) is 0 Å². The highest BCUT2D eigenvalue weighted by molar-refractivity contribution is 5.82. The second-order valence-electron chi connectivity index (χ2n) is 8.45. The lowest BCUT2D eigenvalue weighted by Gasteiger charge is -2.22. The molecule has 3 rings (SSSR count). The Kier molecular flexibility index (Phi) is 5.82. The largest absolute Gasteiger partial charge is 0.350 e. The van der Waals surface area contributed by atoms with Crippen molar-refractivity contribution in [3.63, 3.8) is 0 Å². The second-order valence-corrected chi connectivity index (χ2v) is 8.45. The third-order valence-electron chi connectivity index (χ3n) is 4.95. The number of carbonyl (C=O) groups excluding carboxylic acids is 2. The number of para-hydroxylation sites is 2. The van der Waals surface area contributed by atoms with Crippen LogP contribution in [0.25, 0.3) is 11.0 Å². The Morgan fingerprint density at radius 2 is 1.85 bits per heavy atom. The Balaban J connectivity index is 1.75. The number of carbonyl (C=O) groups is 2. The van der Waals surface area contributed by atoms with E-state index in [0.29, 0.717) is 12.4 Å². The summed E-state index contributed by atoms with van der Waals surface area (Å²) in [5.41, 5.74) is 1.45. The molecule has 0 radical (unpaired) electrons. The van der Waals surface area contributed by atoms with Crippen LogP contribution in [0.4, 0.5) is 0 Å². The van der Waals surface area contributed by atoms with Crippen LogP contribution in [0, 0.1) is 5.92 Å². The fraction of sp³-hybridized carbons (Fsp3) is 0.571. The fourth-order valence-corrected chi connectivity index (χ4v) is 3.71. The van der Waals surface area contributed by atoms with Gasteiger partial charge in [-0.1, -0.05) is 31.4 Å². The van der Waals surface area contributed by atoms with Crippen LogP contribution in [0.15, 0.2) is 24.3 Å². The maximum atomic E-state index is 12.5. The molecule has 6 nitrogen and oxygen atoms in total. The summed E-state index contributed by atoms with van der Waals surface area (Å²) < 4.78 is 1.90. The summed E-state index contributed by atoms with van der Waals surface area (Å²) >= 11 is 0. The zero-order chi connectivity index (χ0) is 19.4. The Labute approximate surface area is 160 Å². The number of nitrogens with one attached hydrogen (secondary N) is 2. The fourth-order valence-electron chi connectivity index (χ4n) is 3.71. The average Bonchev–Trinajstić information content (AvgIpc) is 2.96. The molecule has 2 aromatic rings. The predicted octanol–water partition coefficient (Wildman–Crippen LogP) is 3.15. The summed E-state index contributed by atoms with van der Waals surface area (Å²) in [6.45, 7) is 6.41. The SMILES string of the molecule is CC(C)(C)NC(=O)Cn1c(CNC(=O)C2CCCCC2)nc2ccccc21. The zero-order valence-corrected chi connectivity index (χ0v) is 16.5. The van der Waals surface area contributed by atoms with E-state index in [1.165, 1.54) is 6.42 Å². The third-order valence-corrected chi connectivity index (χ3v) is 4.95. The monoisotopic (exact) mass is 370 g/mol. The van der Waals surface area contributed by atoms with Gasteiger partial charge in [0.1, 0.15) is 12.4 Å². The molecule has 0 saturated heterocycles. The number of nitrogens with zero attached hydrogens (tertiary/aromatic N) is 2. The van der Waals surface area contributed by atoms with E-state index >= 15 is 0 Å². The molecule has 1 heterocycles. The first-order valence-corrected chi connectivity index (χ1v) is 9.86. The van der Waals surface area contributed by atoms with Gasteiger partial charge in [0.05, 0.1) is 17.6 Å². The lowest BCUT2D eigenvalue weighted by Crippen LogP contribution is -2.42. The van der Waals surface area contributed by atoms with Gasteiger partial charge in [-0.05, 0) is 45.7 Å². The van der Waals surface area contributed by atoms with Crippen molar-refractivity contribution in [2.24, 2.45) is 5.92 Å². The molecule has 0 atom stereocenters. The molecule has 1 fully saturated rings. The van der Waals surface area contributed by atoms with Gasteiger partial charge < -0.3 is 15.2 Å². The van der Waals surface area contributed by atoms with Crippen molar-refractivity contribution >= 4 is 22.8 Å². The molecule has 27 heavy (non-hydrogen) atoms. The van der Waals surface area contributed by atoms with Gasteiger partial charge in [-0.25, -0.2) is 4.98 Å². The Bertz CT molecular complexity index is 813. The van der Waals surface area contributed by atoms with Crippen LogP contribution in [0.1, 0.15) is 58.7 Å². The number of hydrogen-bond donors (Lipinski definition) is 2. The van der Waals surface area contributed by atoms with Gasteiger partial charge in [0, 0.05) is 11.5 Å². The van der Waals surface area contributed by atoms with Crippen LogP contribution in [0.2, 0.25) is 0 Å². The average molecular weight is 370 g/mol. The molecule has 6 heteroatoms. The second kappa shape index (κ2) is 8.11. The normalized spacial score (nSPS) is 15.7. The van der Waals surface area contributed by atoms with Gasteiger partial charge >= 0.3 is 0 Å². The maximum Gasteiger partial charge on any atom is 0.240 e. The van der Waals surface area contributed by atoms with Crippen molar-refractivity contribution in [3.05, 3.63) is 30.1 Å². The van der Waals surface area contributed by atoms with Gasteiger partial charge in [-0.3, -0.25) is 9.59 Å². The molecular weight excluding hydrogens is 340 g/mol. The minimum absolute atomic E-state index is 0.0643. The number of hydrogen-bond acceptors (Lipinski definition) is 3. The van der Waals surface area contributed by atoms with Crippen molar-refractivity contribution in [3.8, 4) is 0 Å². The summed E-state index contributed by atoms with van der Waals surface area (Å²) in [6.07, 6.45) is 5.42. The van der Waals surface area contributed by atoms with E-state index in [-0.39, 0.29) is 29.8 Å². The summed E-state index contributed by atoms with van der Waals surface area (Å²) in [7, 11) is 0. The number of amides is 2. The standard InChI is InChI=1S/C21H30N4O2/c1-21(2,3)24-19(26)14-25-17-12-8-7-11-16(17)23-18(25)13-22-20(27)15-9-5-4-6-10-15/h7-8,11-12,15H,4-6,9-10,13-14H2,1-3H3,(H,22,27)(H,24,26). The highest BCUT2D eigenvalue weighted by Gasteiger charge is 2.22. The van der Waals surface area contributed by atoms with Crippen molar-refractivity contribution in [2.75, 3.05) is 0 Å². The highest BCUT2D eigenvalue weighted by atomic mass is 16.2. The lowest BCUT2D eigenvalue weighted by atomic mass is 9.89. The van der Waals surface area contributed by atoms with Gasteiger partial charge in [-0.15, -0.1) is 0 Å². The summed E-state index contributed by atoms with van der Waals surface area (Å²) in [4.78, 5) is 29.6. The van der Waals surface area contributed by atoms with Crippen LogP contribution < -0.4 is 10.6 Å². The summed E-state index contributed by atoms with van der Waals surface area (Å²) in [5, 5.41) is 6.03. The topological polar surface area (TPSA) is 76.0 Å². The van der Waals surface area contributed by atoms with E-state index in [0.717, 1.165) is 36.7 Å².